The van der Waals surface area contributed by atoms with Crippen LogP contribution >= 0.6 is 23.2 Å². The van der Waals surface area contributed by atoms with Crippen LogP contribution in [0.1, 0.15) is 10.4 Å². The predicted molar refractivity (Wildman–Crippen MR) is 87.4 cm³/mol. The second-order valence-electron chi connectivity index (χ2n) is 4.46. The molecule has 0 bridgehead atoms. The highest BCUT2D eigenvalue weighted by molar-refractivity contribution is 6.34. The number of carbonyl (C=O) groups excluding carboxylic acids is 1. The molecule has 0 atom stereocenters. The Bertz CT molecular complexity index is 737. The lowest BCUT2D eigenvalue weighted by Crippen LogP contribution is -2.28. The van der Waals surface area contributed by atoms with Crippen LogP contribution in [0.15, 0.2) is 42.5 Å². The first-order valence-corrected chi connectivity index (χ1v) is 7.34. The Morgan fingerprint density at radius 1 is 1.17 bits per heavy atom. The van der Waals surface area contributed by atoms with E-state index in [4.69, 9.17) is 27.9 Å². The summed E-state index contributed by atoms with van der Waals surface area (Å²) in [6.07, 6.45) is 0. The van der Waals surface area contributed by atoms with Crippen molar-refractivity contribution in [3.05, 3.63) is 68.2 Å². The molecule has 0 saturated carbocycles. The van der Waals surface area contributed by atoms with Crippen LogP contribution in [0.5, 0.6) is 5.75 Å². The molecule has 1 N–H and O–H groups in total. The van der Waals surface area contributed by atoms with Gasteiger partial charge in [0.25, 0.3) is 11.6 Å². The number of hydrogen-bond donors (Lipinski definition) is 1. The third-order valence-electron chi connectivity index (χ3n) is 2.89. The largest absolute Gasteiger partial charge is 0.490 e. The quantitative estimate of drug-likeness (QED) is 0.487. The van der Waals surface area contributed by atoms with E-state index in [0.29, 0.717) is 10.8 Å². The predicted octanol–water partition coefficient (Wildman–Crippen LogP) is 3.71. The number of nitro groups is 1. The van der Waals surface area contributed by atoms with Crippen molar-refractivity contribution in [2.75, 3.05) is 13.2 Å². The molecule has 120 valence electrons. The molecule has 1 amide bonds. The molecular weight excluding hydrogens is 343 g/mol. The number of para-hydroxylation sites is 1. The summed E-state index contributed by atoms with van der Waals surface area (Å²) in [5.74, 6) is 0.0874. The number of nitro benzene ring substituents is 1. The zero-order chi connectivity index (χ0) is 16.8. The number of nitrogens with one attached hydrogen (secondary N) is 1. The van der Waals surface area contributed by atoms with Crippen molar-refractivity contribution >= 4 is 34.8 Å². The molecule has 2 aromatic rings. The van der Waals surface area contributed by atoms with Gasteiger partial charge in [-0.2, -0.15) is 0 Å². The summed E-state index contributed by atoms with van der Waals surface area (Å²) >= 11 is 11.8. The summed E-state index contributed by atoms with van der Waals surface area (Å²) < 4.78 is 5.43. The number of benzene rings is 2. The molecule has 0 aliphatic carbocycles. The van der Waals surface area contributed by atoms with Crippen molar-refractivity contribution < 1.29 is 14.5 Å². The molecule has 0 aromatic heterocycles. The average molecular weight is 355 g/mol. The van der Waals surface area contributed by atoms with E-state index in [1.807, 2.05) is 0 Å². The number of carbonyl (C=O) groups is 1. The number of hydrogen-bond acceptors (Lipinski definition) is 4. The number of ether oxygens (including phenoxy) is 1. The van der Waals surface area contributed by atoms with Crippen molar-refractivity contribution in [3.8, 4) is 5.75 Å². The van der Waals surface area contributed by atoms with Gasteiger partial charge in [0.15, 0.2) is 0 Å². The summed E-state index contributed by atoms with van der Waals surface area (Å²) in [6, 6.07) is 10.7. The van der Waals surface area contributed by atoms with Crippen molar-refractivity contribution in [2.45, 2.75) is 0 Å². The van der Waals surface area contributed by atoms with E-state index in [1.165, 1.54) is 12.1 Å². The fraction of sp³-hybridized carbons (Fsp3) is 0.133. The first-order valence-electron chi connectivity index (χ1n) is 6.58. The van der Waals surface area contributed by atoms with E-state index in [0.717, 1.165) is 6.07 Å². The Labute approximate surface area is 142 Å². The number of rotatable bonds is 6. The minimum Gasteiger partial charge on any atom is -0.490 e. The molecule has 8 heteroatoms. The van der Waals surface area contributed by atoms with Crippen LogP contribution in [0.3, 0.4) is 0 Å². The Balaban J connectivity index is 1.88. The van der Waals surface area contributed by atoms with Crippen molar-refractivity contribution in [1.82, 2.24) is 5.32 Å². The van der Waals surface area contributed by atoms with Crippen LogP contribution in [0, 0.1) is 10.1 Å². The lowest BCUT2D eigenvalue weighted by atomic mass is 10.2. The highest BCUT2D eigenvalue weighted by atomic mass is 35.5. The molecule has 2 aromatic carbocycles. The lowest BCUT2D eigenvalue weighted by molar-refractivity contribution is -0.384. The van der Waals surface area contributed by atoms with Gasteiger partial charge in [-0.25, -0.2) is 0 Å². The van der Waals surface area contributed by atoms with E-state index in [-0.39, 0.29) is 29.4 Å². The highest BCUT2D eigenvalue weighted by Crippen LogP contribution is 2.23. The molecule has 0 spiro atoms. The fourth-order valence-corrected chi connectivity index (χ4v) is 2.24. The topological polar surface area (TPSA) is 81.5 Å². The maximum atomic E-state index is 12.0. The van der Waals surface area contributed by atoms with Gasteiger partial charge in [-0.1, -0.05) is 35.3 Å². The number of non-ortho nitro benzene ring substituents is 1. The van der Waals surface area contributed by atoms with Gasteiger partial charge in [-0.05, 0) is 18.2 Å². The van der Waals surface area contributed by atoms with E-state index in [1.54, 1.807) is 24.3 Å². The monoisotopic (exact) mass is 354 g/mol. The number of halogens is 2. The Morgan fingerprint density at radius 2 is 1.91 bits per heavy atom. The Morgan fingerprint density at radius 3 is 2.57 bits per heavy atom. The third-order valence-corrected chi connectivity index (χ3v) is 3.51. The van der Waals surface area contributed by atoms with E-state index in [9.17, 15) is 14.9 Å². The van der Waals surface area contributed by atoms with Crippen molar-refractivity contribution in [1.29, 1.82) is 0 Å². The second-order valence-corrected chi connectivity index (χ2v) is 5.27. The normalized spacial score (nSPS) is 10.2. The van der Waals surface area contributed by atoms with Crippen LogP contribution in [-0.4, -0.2) is 24.0 Å². The molecule has 0 saturated heterocycles. The summed E-state index contributed by atoms with van der Waals surface area (Å²) in [6.45, 7) is 0.456. The van der Waals surface area contributed by atoms with Gasteiger partial charge in [-0.3, -0.25) is 14.9 Å². The molecule has 0 heterocycles. The third kappa shape index (κ3) is 4.58. The summed E-state index contributed by atoms with van der Waals surface area (Å²) in [7, 11) is 0. The molecule has 6 nitrogen and oxygen atoms in total. The first kappa shape index (κ1) is 17.1. The molecule has 0 aliphatic heterocycles. The maximum Gasteiger partial charge on any atom is 0.270 e. The van der Waals surface area contributed by atoms with Gasteiger partial charge in [0, 0.05) is 12.1 Å². The molecule has 0 unspecified atom stereocenters. The fourth-order valence-electron chi connectivity index (χ4n) is 1.78. The molecule has 0 fully saturated rings. The average Bonchev–Trinajstić information content (AvgIpc) is 2.52. The van der Waals surface area contributed by atoms with Gasteiger partial charge in [-0.15, -0.1) is 0 Å². The molecule has 0 radical (unpaired) electrons. The zero-order valence-electron chi connectivity index (χ0n) is 11.8. The van der Waals surface area contributed by atoms with Crippen LogP contribution < -0.4 is 10.1 Å². The Hall–Kier alpha value is -2.31. The van der Waals surface area contributed by atoms with Crippen molar-refractivity contribution in [3.63, 3.8) is 0 Å². The van der Waals surface area contributed by atoms with Crippen LogP contribution in [0.4, 0.5) is 5.69 Å². The minimum absolute atomic E-state index is 0.0173. The van der Waals surface area contributed by atoms with Crippen LogP contribution in [-0.2, 0) is 0 Å². The van der Waals surface area contributed by atoms with E-state index < -0.39 is 10.8 Å². The Kier molecular flexibility index (Phi) is 5.78. The molecule has 2 rings (SSSR count). The van der Waals surface area contributed by atoms with Gasteiger partial charge in [0.2, 0.25) is 0 Å². The summed E-state index contributed by atoms with van der Waals surface area (Å²) in [4.78, 5) is 22.0. The molecular formula is C15H12Cl2N2O4. The lowest BCUT2D eigenvalue weighted by Gasteiger charge is -2.09. The standard InChI is InChI=1S/C15H12Cl2N2O4/c16-12-3-1-2-4-14(12)23-8-7-18-15(20)11-6-5-10(19(21)22)9-13(11)17/h1-6,9H,7-8H2,(H,18,20). The number of nitrogens with zero attached hydrogens (tertiary/aromatic N) is 1. The molecule has 0 aliphatic rings. The van der Waals surface area contributed by atoms with Crippen LogP contribution in [0.25, 0.3) is 0 Å². The van der Waals surface area contributed by atoms with E-state index in [2.05, 4.69) is 5.32 Å². The summed E-state index contributed by atoms with van der Waals surface area (Å²) in [5, 5.41) is 13.7. The second kappa shape index (κ2) is 7.80. The smallest absolute Gasteiger partial charge is 0.270 e. The first-order chi connectivity index (χ1) is 11.0. The van der Waals surface area contributed by atoms with E-state index >= 15 is 0 Å². The van der Waals surface area contributed by atoms with Gasteiger partial charge >= 0.3 is 0 Å². The highest BCUT2D eigenvalue weighted by Gasteiger charge is 2.14. The SMILES string of the molecule is O=C(NCCOc1ccccc1Cl)c1ccc([N+](=O)[O-])cc1Cl. The van der Waals surface area contributed by atoms with Gasteiger partial charge in [0.05, 0.1) is 27.1 Å². The summed E-state index contributed by atoms with van der Waals surface area (Å²) in [5.41, 5.74) is -0.0105. The molecule has 23 heavy (non-hydrogen) atoms. The van der Waals surface area contributed by atoms with Crippen LogP contribution in [0.2, 0.25) is 10.0 Å². The van der Waals surface area contributed by atoms with Crippen molar-refractivity contribution in [2.24, 2.45) is 0 Å². The minimum atomic E-state index is -0.578. The van der Waals surface area contributed by atoms with Gasteiger partial charge < -0.3 is 10.1 Å². The zero-order valence-corrected chi connectivity index (χ0v) is 13.3. The maximum absolute atomic E-state index is 12.0. The number of amides is 1. The van der Waals surface area contributed by atoms with Gasteiger partial charge in [0.1, 0.15) is 12.4 Å².